The highest BCUT2D eigenvalue weighted by molar-refractivity contribution is 7.98. The second-order valence-electron chi connectivity index (χ2n) is 18.2. The molecule has 5 N–H and O–H groups in total. The van der Waals surface area contributed by atoms with E-state index >= 15 is 8.78 Å². The fraction of sp³-hybridized carbons (Fsp3) is 0.275. The van der Waals surface area contributed by atoms with Gasteiger partial charge in [-0.15, -0.1) is 0 Å². The number of para-hydroxylation sites is 2. The Labute approximate surface area is 425 Å². The van der Waals surface area contributed by atoms with E-state index in [9.17, 15) is 43.0 Å². The summed E-state index contributed by atoms with van der Waals surface area (Å²) in [5, 5.41) is 27.4. The molecule has 0 radical (unpaired) electrons. The van der Waals surface area contributed by atoms with Crippen LogP contribution in [0.2, 0.25) is 0 Å². The summed E-state index contributed by atoms with van der Waals surface area (Å²) in [6.45, 7) is 9.75. The molecule has 6 aromatic rings. The van der Waals surface area contributed by atoms with E-state index in [2.05, 4.69) is 30.9 Å². The molecule has 0 unspecified atom stereocenters. The third-order valence-electron chi connectivity index (χ3n) is 12.1. The number of amides is 5. The Morgan fingerprint density at radius 2 is 1.14 bits per heavy atom. The maximum atomic E-state index is 15.0. The lowest BCUT2D eigenvalue weighted by Gasteiger charge is -2.35. The molecule has 0 aliphatic carbocycles. The molecule has 74 heavy (non-hydrogen) atoms. The largest absolute Gasteiger partial charge is 0.478 e. The van der Waals surface area contributed by atoms with Crippen LogP contribution in [0, 0.1) is 37.1 Å². The minimum atomic E-state index is -1.13. The van der Waals surface area contributed by atoms with Gasteiger partial charge in [-0.05, 0) is 113 Å². The van der Waals surface area contributed by atoms with Gasteiger partial charge in [0.2, 0.25) is 5.95 Å². The third-order valence-corrected chi connectivity index (χ3v) is 12.6. The molecule has 18 nitrogen and oxygen atoms in total. The summed E-state index contributed by atoms with van der Waals surface area (Å²) in [6.07, 6.45) is 2.28. The van der Waals surface area contributed by atoms with Crippen molar-refractivity contribution in [2.24, 2.45) is 0 Å². The van der Waals surface area contributed by atoms with Gasteiger partial charge >= 0.3 is 30.1 Å². The van der Waals surface area contributed by atoms with Crippen LogP contribution in [0.3, 0.4) is 0 Å². The van der Waals surface area contributed by atoms with Crippen LogP contribution in [-0.4, -0.2) is 91.2 Å². The number of rotatable bonds is 9. The predicted molar refractivity (Wildman–Crippen MR) is 266 cm³/mol. The summed E-state index contributed by atoms with van der Waals surface area (Å²) in [6, 6.07) is 14.2. The number of aromatic nitrogens is 4. The van der Waals surface area contributed by atoms with Gasteiger partial charge < -0.3 is 35.8 Å². The van der Waals surface area contributed by atoms with E-state index in [1.54, 1.807) is 53.0 Å². The number of benzene rings is 4. The number of fused-ring (bicyclic) bond motifs is 2. The Morgan fingerprint density at radius 1 is 0.689 bits per heavy atom. The van der Waals surface area contributed by atoms with E-state index < -0.39 is 70.3 Å². The Bertz CT molecular complexity index is 3220. The number of anilines is 5. The average Bonchev–Trinajstić information content (AvgIpc) is 3.34. The van der Waals surface area contributed by atoms with Gasteiger partial charge in [0.25, 0.3) is 0 Å². The zero-order valence-electron chi connectivity index (χ0n) is 40.6. The molecule has 1 fully saturated rings. The van der Waals surface area contributed by atoms with Gasteiger partial charge in [-0.3, -0.25) is 0 Å². The summed E-state index contributed by atoms with van der Waals surface area (Å²) < 4.78 is 64.5. The van der Waals surface area contributed by atoms with Crippen molar-refractivity contribution in [3.05, 3.63) is 129 Å². The smallest absolute Gasteiger partial charge is 0.407 e. The van der Waals surface area contributed by atoms with E-state index in [0.29, 0.717) is 65.1 Å². The number of nitrogens with one attached hydrogen (secondary N) is 3. The van der Waals surface area contributed by atoms with E-state index in [1.165, 1.54) is 48.2 Å². The second-order valence-corrected chi connectivity index (χ2v) is 19.0. The monoisotopic (exact) mass is 1040 g/mol. The lowest BCUT2D eigenvalue weighted by atomic mass is 9.97. The maximum Gasteiger partial charge on any atom is 0.407 e. The van der Waals surface area contributed by atoms with E-state index in [4.69, 9.17) is 9.72 Å². The standard InChI is InChI=1S/C30H32F2N6O5.C21H16F2N4O3S/c1-16-8-9-17(26(39)40)14-19(16)23-20-15-33-28(41)38(24-21(31)6-5-7-22(24)32)25(20)36-27(35-23)37-12-10-18(11-13-37)34-29(42)43-30(2,3)4;1-10-6-7-11(19(28)29)8-12(10)16-13-9-24-21(30)27(18(13)26-20(25-16)31-2)17-14(22)4-3-5-15(17)23/h5-9,14,18H,10-13,15H2,1-4H3,(H,33,41)(H,34,42)(H,39,40);3-8H,9H2,1-2H3,(H,24,30)(H,28,29). The van der Waals surface area contributed by atoms with E-state index in [0.717, 1.165) is 39.6 Å². The molecular weight excluding hydrogens is 989 g/mol. The fourth-order valence-corrected chi connectivity index (χ4v) is 8.86. The number of carboxylic acid groups (broad SMARTS) is 2. The van der Waals surface area contributed by atoms with E-state index in [-0.39, 0.29) is 53.0 Å². The number of ether oxygens (including phenoxy) is 1. The number of carbonyl (C=O) groups excluding carboxylic acids is 3. The van der Waals surface area contributed by atoms with Crippen molar-refractivity contribution in [2.75, 3.05) is 34.0 Å². The van der Waals surface area contributed by atoms with Gasteiger partial charge in [-0.25, -0.2) is 66.3 Å². The highest BCUT2D eigenvalue weighted by Crippen LogP contribution is 2.42. The molecular formula is C51H48F4N10O8S. The summed E-state index contributed by atoms with van der Waals surface area (Å²) in [7, 11) is 0. The maximum absolute atomic E-state index is 15.0. The quantitative estimate of drug-likeness (QED) is 0.0516. The summed E-state index contributed by atoms with van der Waals surface area (Å²) in [5.74, 6) is -5.75. The summed E-state index contributed by atoms with van der Waals surface area (Å²) >= 11 is 1.19. The lowest BCUT2D eigenvalue weighted by molar-refractivity contribution is 0.0496. The molecule has 3 aliphatic heterocycles. The number of hydrogen-bond acceptors (Lipinski definition) is 12. The van der Waals surface area contributed by atoms with Crippen molar-refractivity contribution in [3.8, 4) is 22.5 Å². The van der Waals surface area contributed by atoms with Crippen molar-refractivity contribution >= 4 is 70.8 Å². The number of carboxylic acids is 2. The second kappa shape index (κ2) is 21.0. The number of aromatic carboxylic acids is 2. The molecule has 5 heterocycles. The molecule has 2 aromatic heterocycles. The highest BCUT2D eigenvalue weighted by atomic mass is 32.2. The van der Waals surface area contributed by atoms with Gasteiger partial charge in [0.05, 0.1) is 35.6 Å². The zero-order valence-corrected chi connectivity index (χ0v) is 41.5. The van der Waals surface area contributed by atoms with Crippen LogP contribution in [0.1, 0.15) is 76.6 Å². The van der Waals surface area contributed by atoms with Gasteiger partial charge in [0.15, 0.2) is 16.8 Å². The number of carbonyl (C=O) groups is 5. The van der Waals surface area contributed by atoms with Crippen LogP contribution in [0.4, 0.5) is 60.9 Å². The SMILES string of the molecule is CSc1nc(-c2cc(C(=O)O)ccc2C)c2c(n1)N(c1c(F)cccc1F)C(=O)NC2.Cc1ccc(C(=O)O)cc1-c1nc(N2CCC(NC(=O)OC(C)(C)C)CC2)nc2c1CNC(=O)N2c1c(F)cccc1F. The van der Waals surface area contributed by atoms with Crippen LogP contribution < -0.4 is 30.7 Å². The minimum absolute atomic E-state index is 0.0121. The normalized spacial score (nSPS) is 14.5. The van der Waals surface area contributed by atoms with Crippen LogP contribution in [0.25, 0.3) is 22.5 Å². The van der Waals surface area contributed by atoms with Crippen molar-refractivity contribution in [2.45, 2.75) is 77.3 Å². The number of thioether (sulfide) groups is 1. The number of nitrogens with zero attached hydrogens (tertiary/aromatic N) is 7. The molecule has 5 amide bonds. The van der Waals surface area contributed by atoms with Crippen molar-refractivity contribution in [3.63, 3.8) is 0 Å². The molecule has 3 aliphatic rings. The molecule has 0 bridgehead atoms. The third kappa shape index (κ3) is 10.7. The van der Waals surface area contributed by atoms with Gasteiger partial charge in [0.1, 0.15) is 40.2 Å². The zero-order chi connectivity index (χ0) is 53.3. The van der Waals surface area contributed by atoms with Crippen LogP contribution >= 0.6 is 11.8 Å². The van der Waals surface area contributed by atoms with Crippen LogP contribution in [-0.2, 0) is 17.8 Å². The average molecular weight is 1040 g/mol. The first-order valence-electron chi connectivity index (χ1n) is 23.0. The molecule has 0 saturated carbocycles. The van der Waals surface area contributed by atoms with E-state index in [1.807, 2.05) is 4.90 Å². The predicted octanol–water partition coefficient (Wildman–Crippen LogP) is 9.79. The summed E-state index contributed by atoms with van der Waals surface area (Å²) in [5.41, 5.74) is 2.29. The van der Waals surface area contributed by atoms with Crippen molar-refractivity contribution in [1.29, 1.82) is 0 Å². The lowest BCUT2D eigenvalue weighted by Crippen LogP contribution is -2.47. The van der Waals surface area contributed by atoms with Crippen LogP contribution in [0.5, 0.6) is 0 Å². The number of aryl methyl sites for hydroxylation is 2. The minimum Gasteiger partial charge on any atom is -0.478 e. The number of urea groups is 2. The van der Waals surface area contributed by atoms with Gasteiger partial charge in [-0.1, -0.05) is 36.0 Å². The Hall–Kier alpha value is -8.34. The number of halogens is 4. The molecule has 0 spiro atoms. The topological polar surface area (TPSA) is 232 Å². The fourth-order valence-electron chi connectivity index (χ4n) is 8.50. The molecule has 0 atom stereocenters. The molecule has 9 rings (SSSR count). The van der Waals surface area contributed by atoms with Crippen molar-refractivity contribution in [1.82, 2.24) is 35.9 Å². The number of hydrogen-bond donors (Lipinski definition) is 5. The first-order chi connectivity index (χ1) is 35.1. The number of alkyl carbamates (subject to hydrolysis) is 1. The van der Waals surface area contributed by atoms with Crippen LogP contribution in [0.15, 0.2) is 78.0 Å². The van der Waals surface area contributed by atoms with Crippen molar-refractivity contribution < 1.29 is 56.5 Å². The highest BCUT2D eigenvalue weighted by Gasteiger charge is 2.37. The molecule has 384 valence electrons. The molecule has 1 saturated heterocycles. The number of piperidine rings is 1. The Morgan fingerprint density at radius 3 is 1.57 bits per heavy atom. The first-order valence-corrected chi connectivity index (χ1v) is 24.2. The Balaban J connectivity index is 0.000000208. The van der Waals surface area contributed by atoms with Gasteiger partial charge in [0, 0.05) is 41.4 Å². The Kier molecular flexibility index (Phi) is 14.8. The van der Waals surface area contributed by atoms with Gasteiger partial charge in [-0.2, -0.15) is 4.98 Å². The first kappa shape index (κ1) is 52.0. The molecule has 23 heteroatoms. The molecule has 4 aromatic carbocycles. The summed E-state index contributed by atoms with van der Waals surface area (Å²) in [4.78, 5) is 83.3.